The Hall–Kier alpha value is -1.75. The van der Waals surface area contributed by atoms with Crippen molar-refractivity contribution in [2.24, 2.45) is 5.73 Å². The van der Waals surface area contributed by atoms with Crippen LogP contribution in [0.2, 0.25) is 0 Å². The second-order valence-electron chi connectivity index (χ2n) is 3.49. The van der Waals surface area contributed by atoms with E-state index in [1.807, 2.05) is 0 Å². The number of hydrogen-bond donors (Lipinski definition) is 1. The number of thiocarbonyl (C=S) groups is 1. The molecule has 1 amide bonds. The standard InChI is InChI=1S/C12H15N3OS/c1-2-8-15(9-5-11(13)17)12(16)10-3-6-14-7-4-10/h2-4,6-7H,1,5,8-9H2,(H2,13,17). The molecule has 1 heterocycles. The van der Waals surface area contributed by atoms with Gasteiger partial charge in [-0.05, 0) is 12.1 Å². The molecule has 0 aromatic carbocycles. The second kappa shape index (κ2) is 6.75. The molecule has 4 nitrogen and oxygen atoms in total. The van der Waals surface area contributed by atoms with Gasteiger partial charge in [0.05, 0.1) is 4.99 Å². The molecular weight excluding hydrogens is 234 g/mol. The molecule has 0 saturated heterocycles. The fourth-order valence-corrected chi connectivity index (χ4v) is 1.45. The van der Waals surface area contributed by atoms with Gasteiger partial charge in [-0.15, -0.1) is 6.58 Å². The van der Waals surface area contributed by atoms with Gasteiger partial charge in [0.2, 0.25) is 0 Å². The summed E-state index contributed by atoms with van der Waals surface area (Å²) in [5.41, 5.74) is 6.04. The Kier molecular flexibility index (Phi) is 5.29. The molecule has 0 aliphatic carbocycles. The van der Waals surface area contributed by atoms with Crippen LogP contribution in [0.5, 0.6) is 0 Å². The van der Waals surface area contributed by atoms with Gasteiger partial charge in [-0.1, -0.05) is 18.3 Å². The highest BCUT2D eigenvalue weighted by molar-refractivity contribution is 7.80. The van der Waals surface area contributed by atoms with Crippen molar-refractivity contribution in [3.05, 3.63) is 42.7 Å². The Bertz CT molecular complexity index is 405. The molecule has 1 rings (SSSR count). The minimum absolute atomic E-state index is 0.0662. The van der Waals surface area contributed by atoms with Crippen LogP contribution in [0.25, 0.3) is 0 Å². The van der Waals surface area contributed by atoms with Crippen LogP contribution in [-0.2, 0) is 0 Å². The van der Waals surface area contributed by atoms with E-state index in [-0.39, 0.29) is 5.91 Å². The van der Waals surface area contributed by atoms with Crippen LogP contribution < -0.4 is 5.73 Å². The first kappa shape index (κ1) is 13.3. The minimum atomic E-state index is -0.0662. The molecule has 0 bridgehead atoms. The Labute approximate surface area is 106 Å². The highest BCUT2D eigenvalue weighted by atomic mass is 32.1. The summed E-state index contributed by atoms with van der Waals surface area (Å²) in [5.74, 6) is -0.0662. The summed E-state index contributed by atoms with van der Waals surface area (Å²) in [5, 5.41) is 0. The van der Waals surface area contributed by atoms with E-state index in [0.29, 0.717) is 30.1 Å². The summed E-state index contributed by atoms with van der Waals surface area (Å²) in [4.78, 5) is 18.0. The molecule has 1 aromatic rings. The van der Waals surface area contributed by atoms with Gasteiger partial charge in [0, 0.05) is 37.5 Å². The van der Waals surface area contributed by atoms with Crippen LogP contribution in [0.3, 0.4) is 0 Å². The average Bonchev–Trinajstić information content (AvgIpc) is 2.34. The van der Waals surface area contributed by atoms with Gasteiger partial charge in [-0.2, -0.15) is 0 Å². The molecule has 5 heteroatoms. The van der Waals surface area contributed by atoms with Crippen molar-refractivity contribution in [3.63, 3.8) is 0 Å². The predicted molar refractivity (Wildman–Crippen MR) is 71.7 cm³/mol. The van der Waals surface area contributed by atoms with Gasteiger partial charge in [0.15, 0.2) is 0 Å². The summed E-state index contributed by atoms with van der Waals surface area (Å²) in [6, 6.07) is 3.36. The van der Waals surface area contributed by atoms with Gasteiger partial charge < -0.3 is 10.6 Å². The highest BCUT2D eigenvalue weighted by Crippen LogP contribution is 2.04. The summed E-state index contributed by atoms with van der Waals surface area (Å²) >= 11 is 4.81. The minimum Gasteiger partial charge on any atom is -0.393 e. The molecule has 0 saturated carbocycles. The smallest absolute Gasteiger partial charge is 0.254 e. The maximum atomic E-state index is 12.1. The molecule has 0 aliphatic heterocycles. The lowest BCUT2D eigenvalue weighted by Gasteiger charge is -2.20. The lowest BCUT2D eigenvalue weighted by atomic mass is 10.2. The monoisotopic (exact) mass is 249 g/mol. The summed E-state index contributed by atoms with van der Waals surface area (Å²) in [6.45, 7) is 4.61. The normalized spacial score (nSPS) is 9.65. The van der Waals surface area contributed by atoms with Crippen molar-refractivity contribution >= 4 is 23.1 Å². The summed E-state index contributed by atoms with van der Waals surface area (Å²) in [6.07, 6.45) is 5.37. The third-order valence-corrected chi connectivity index (χ3v) is 2.40. The zero-order valence-corrected chi connectivity index (χ0v) is 10.3. The quantitative estimate of drug-likeness (QED) is 0.611. The van der Waals surface area contributed by atoms with Crippen molar-refractivity contribution in [2.75, 3.05) is 13.1 Å². The Balaban J connectivity index is 2.73. The maximum absolute atomic E-state index is 12.1. The van der Waals surface area contributed by atoms with E-state index >= 15 is 0 Å². The van der Waals surface area contributed by atoms with Crippen LogP contribution in [0, 0.1) is 0 Å². The van der Waals surface area contributed by atoms with E-state index in [2.05, 4.69) is 11.6 Å². The molecule has 0 atom stereocenters. The third-order valence-electron chi connectivity index (χ3n) is 2.19. The first-order valence-corrected chi connectivity index (χ1v) is 5.64. The number of hydrogen-bond acceptors (Lipinski definition) is 3. The van der Waals surface area contributed by atoms with E-state index < -0.39 is 0 Å². The number of aromatic nitrogens is 1. The van der Waals surface area contributed by atoms with Crippen molar-refractivity contribution in [1.82, 2.24) is 9.88 Å². The number of pyridine rings is 1. The average molecular weight is 249 g/mol. The fraction of sp³-hybridized carbons (Fsp3) is 0.250. The van der Waals surface area contributed by atoms with Gasteiger partial charge >= 0.3 is 0 Å². The third kappa shape index (κ3) is 4.32. The largest absolute Gasteiger partial charge is 0.393 e. The summed E-state index contributed by atoms with van der Waals surface area (Å²) < 4.78 is 0. The van der Waals surface area contributed by atoms with Crippen LogP contribution in [0.4, 0.5) is 0 Å². The number of carbonyl (C=O) groups is 1. The molecule has 2 N–H and O–H groups in total. The van der Waals surface area contributed by atoms with Gasteiger partial charge in [0.25, 0.3) is 5.91 Å². The fourth-order valence-electron chi connectivity index (χ4n) is 1.35. The first-order valence-electron chi connectivity index (χ1n) is 5.23. The topological polar surface area (TPSA) is 59.2 Å². The van der Waals surface area contributed by atoms with Crippen molar-refractivity contribution in [3.8, 4) is 0 Å². The maximum Gasteiger partial charge on any atom is 0.254 e. The molecule has 17 heavy (non-hydrogen) atoms. The summed E-state index contributed by atoms with van der Waals surface area (Å²) in [7, 11) is 0. The van der Waals surface area contributed by atoms with Crippen LogP contribution >= 0.6 is 12.2 Å². The first-order chi connectivity index (χ1) is 8.15. The molecule has 0 unspecified atom stereocenters. The highest BCUT2D eigenvalue weighted by Gasteiger charge is 2.13. The van der Waals surface area contributed by atoms with E-state index in [4.69, 9.17) is 18.0 Å². The van der Waals surface area contributed by atoms with Crippen molar-refractivity contribution < 1.29 is 4.79 Å². The van der Waals surface area contributed by atoms with Crippen LogP contribution in [0.1, 0.15) is 16.8 Å². The number of nitrogens with two attached hydrogens (primary N) is 1. The molecule has 1 aromatic heterocycles. The Morgan fingerprint density at radius 3 is 2.71 bits per heavy atom. The van der Waals surface area contributed by atoms with Crippen LogP contribution in [-0.4, -0.2) is 33.9 Å². The van der Waals surface area contributed by atoms with E-state index in [9.17, 15) is 4.79 Å². The molecule has 90 valence electrons. The molecule has 0 radical (unpaired) electrons. The number of amides is 1. The molecule has 0 spiro atoms. The lowest BCUT2D eigenvalue weighted by molar-refractivity contribution is 0.0778. The number of carbonyl (C=O) groups excluding carboxylic acids is 1. The number of nitrogens with zero attached hydrogens (tertiary/aromatic N) is 2. The predicted octanol–water partition coefficient (Wildman–Crippen LogP) is 1.39. The Morgan fingerprint density at radius 1 is 1.53 bits per heavy atom. The zero-order chi connectivity index (χ0) is 12.7. The van der Waals surface area contributed by atoms with Crippen molar-refractivity contribution in [1.29, 1.82) is 0 Å². The Morgan fingerprint density at radius 2 is 2.18 bits per heavy atom. The molecule has 0 fully saturated rings. The SMILES string of the molecule is C=CCN(CCC(N)=S)C(=O)c1ccncc1. The van der Waals surface area contributed by atoms with Gasteiger partial charge in [-0.25, -0.2) is 0 Å². The van der Waals surface area contributed by atoms with Gasteiger partial charge in [0.1, 0.15) is 0 Å². The zero-order valence-electron chi connectivity index (χ0n) is 9.50. The van der Waals surface area contributed by atoms with Gasteiger partial charge in [-0.3, -0.25) is 9.78 Å². The van der Waals surface area contributed by atoms with Crippen LogP contribution in [0.15, 0.2) is 37.2 Å². The second-order valence-corrected chi connectivity index (χ2v) is 4.02. The van der Waals surface area contributed by atoms with E-state index in [1.165, 1.54) is 0 Å². The lowest BCUT2D eigenvalue weighted by Crippen LogP contribution is -2.33. The van der Waals surface area contributed by atoms with Crippen molar-refractivity contribution in [2.45, 2.75) is 6.42 Å². The molecule has 0 aliphatic rings. The molecular formula is C12H15N3OS. The number of rotatable bonds is 6. The van der Waals surface area contributed by atoms with E-state index in [1.54, 1.807) is 35.5 Å². The van der Waals surface area contributed by atoms with E-state index in [0.717, 1.165) is 0 Å².